The first-order chi connectivity index (χ1) is 15.2. The van der Waals surface area contributed by atoms with Crippen molar-refractivity contribution in [3.05, 3.63) is 64.0 Å². The van der Waals surface area contributed by atoms with E-state index in [0.717, 1.165) is 54.0 Å². The highest BCUT2D eigenvalue weighted by Crippen LogP contribution is 2.38. The lowest BCUT2D eigenvalue weighted by Crippen LogP contribution is -2.27. The summed E-state index contributed by atoms with van der Waals surface area (Å²) in [4.78, 5) is 27.2. The summed E-state index contributed by atoms with van der Waals surface area (Å²) >= 11 is 1.56. The summed E-state index contributed by atoms with van der Waals surface area (Å²) in [5.74, 6) is -0.195. The first-order valence-corrected chi connectivity index (χ1v) is 11.7. The Morgan fingerprint density at radius 1 is 1.06 bits per heavy atom. The van der Waals surface area contributed by atoms with Gasteiger partial charge in [0.05, 0.1) is 12.0 Å². The van der Waals surface area contributed by atoms with Gasteiger partial charge in [-0.2, -0.15) is 0 Å². The third kappa shape index (κ3) is 4.97. The topological polar surface area (TPSA) is 67.4 Å². The van der Waals surface area contributed by atoms with Crippen molar-refractivity contribution in [2.75, 3.05) is 25.6 Å². The van der Waals surface area contributed by atoms with Gasteiger partial charge in [-0.3, -0.25) is 9.59 Å². The van der Waals surface area contributed by atoms with Crippen LogP contribution >= 0.6 is 11.3 Å². The van der Waals surface area contributed by atoms with Crippen LogP contribution in [0.25, 0.3) is 10.8 Å². The van der Waals surface area contributed by atoms with Crippen LogP contribution in [0.4, 0.5) is 5.00 Å². The van der Waals surface area contributed by atoms with Gasteiger partial charge in [0.1, 0.15) is 5.00 Å². The number of aryl methyl sites for hydroxylation is 1. The van der Waals surface area contributed by atoms with Crippen molar-refractivity contribution in [3.63, 3.8) is 0 Å². The quantitative estimate of drug-likeness (QED) is 0.502. The normalized spacial score (nSPS) is 13.1. The van der Waals surface area contributed by atoms with E-state index in [4.69, 9.17) is 4.74 Å². The van der Waals surface area contributed by atoms with Crippen LogP contribution in [0.3, 0.4) is 0 Å². The lowest BCUT2D eigenvalue weighted by Gasteiger charge is -2.13. The molecule has 2 N–H and O–H groups in total. The lowest BCUT2D eigenvalue weighted by molar-refractivity contribution is -0.115. The first-order valence-electron chi connectivity index (χ1n) is 10.9. The number of carbonyl (C=O) groups excluding carboxylic acids is 2. The summed E-state index contributed by atoms with van der Waals surface area (Å²) in [6.07, 6.45) is 5.12. The smallest absolute Gasteiger partial charge is 0.254 e. The fourth-order valence-electron chi connectivity index (χ4n) is 4.19. The number of fused-ring (bicyclic) bond motifs is 2. The van der Waals surface area contributed by atoms with Gasteiger partial charge in [-0.1, -0.05) is 42.5 Å². The Hall–Kier alpha value is -2.70. The molecule has 0 bridgehead atoms. The zero-order valence-corrected chi connectivity index (χ0v) is 18.6. The molecule has 5 nitrogen and oxygen atoms in total. The average Bonchev–Trinajstić information content (AvgIpc) is 3.14. The Kier molecular flexibility index (Phi) is 6.99. The van der Waals surface area contributed by atoms with E-state index in [0.29, 0.717) is 23.7 Å². The molecule has 1 aromatic heterocycles. The highest BCUT2D eigenvalue weighted by molar-refractivity contribution is 7.17. The van der Waals surface area contributed by atoms with Gasteiger partial charge in [0.25, 0.3) is 5.91 Å². The van der Waals surface area contributed by atoms with E-state index in [1.807, 2.05) is 30.3 Å². The monoisotopic (exact) mass is 436 g/mol. The summed E-state index contributed by atoms with van der Waals surface area (Å²) in [5, 5.41) is 8.94. The minimum absolute atomic E-state index is 0.0941. The van der Waals surface area contributed by atoms with Gasteiger partial charge in [0, 0.05) is 25.1 Å². The van der Waals surface area contributed by atoms with Gasteiger partial charge in [-0.05, 0) is 54.0 Å². The second-order valence-corrected chi connectivity index (χ2v) is 8.99. The van der Waals surface area contributed by atoms with E-state index >= 15 is 0 Å². The minimum atomic E-state index is -0.101. The number of carbonyl (C=O) groups is 2. The summed E-state index contributed by atoms with van der Waals surface area (Å²) in [5.41, 5.74) is 2.76. The summed E-state index contributed by atoms with van der Waals surface area (Å²) in [6, 6.07) is 14.1. The molecule has 0 saturated heterocycles. The molecule has 2 aromatic carbocycles. The maximum absolute atomic E-state index is 13.0. The number of ether oxygens (including phenoxy) is 1. The molecule has 0 saturated carbocycles. The van der Waals surface area contributed by atoms with Crippen LogP contribution in [0.1, 0.15) is 45.6 Å². The van der Waals surface area contributed by atoms with Gasteiger partial charge >= 0.3 is 0 Å². The van der Waals surface area contributed by atoms with E-state index in [2.05, 4.69) is 22.8 Å². The molecule has 0 radical (unpaired) electrons. The number of anilines is 1. The number of amides is 2. The van der Waals surface area contributed by atoms with E-state index in [-0.39, 0.29) is 18.2 Å². The Balaban J connectivity index is 1.53. The van der Waals surface area contributed by atoms with E-state index in [1.165, 1.54) is 4.88 Å². The maximum Gasteiger partial charge on any atom is 0.254 e. The molecule has 31 heavy (non-hydrogen) atoms. The Labute approximate surface area is 186 Å². The largest absolute Gasteiger partial charge is 0.385 e. The maximum atomic E-state index is 13.0. The van der Waals surface area contributed by atoms with Crippen molar-refractivity contribution < 1.29 is 14.3 Å². The predicted molar refractivity (Wildman–Crippen MR) is 126 cm³/mol. The third-order valence-corrected chi connectivity index (χ3v) is 6.90. The molecule has 0 atom stereocenters. The lowest BCUT2D eigenvalue weighted by atomic mass is 9.95. The van der Waals surface area contributed by atoms with Crippen molar-refractivity contribution in [3.8, 4) is 0 Å². The molecule has 6 heteroatoms. The van der Waals surface area contributed by atoms with Crippen molar-refractivity contribution >= 4 is 38.9 Å². The van der Waals surface area contributed by atoms with E-state index in [9.17, 15) is 9.59 Å². The standard InChI is InChI=1S/C25H28N2O3S/c1-30-15-7-14-26-24(29)23-20-12-4-5-13-21(20)31-25(23)27-22(28)16-18-10-6-9-17-8-2-3-11-19(17)18/h2-3,6,8-11H,4-5,7,12-16H2,1H3,(H,26,29)(H,27,28). The molecule has 162 valence electrons. The SMILES string of the molecule is COCCCNC(=O)c1c(NC(=O)Cc2cccc3ccccc23)sc2c1CCCC2. The third-order valence-electron chi connectivity index (χ3n) is 5.69. The number of hydrogen-bond donors (Lipinski definition) is 2. The van der Waals surface area contributed by atoms with Crippen molar-refractivity contribution in [2.24, 2.45) is 0 Å². The summed E-state index contributed by atoms with van der Waals surface area (Å²) < 4.78 is 5.06. The molecule has 4 rings (SSSR count). The number of benzene rings is 2. The second kappa shape index (κ2) is 10.1. The molecule has 0 aliphatic heterocycles. The molecular formula is C25H28N2O3S. The van der Waals surface area contributed by atoms with Crippen LogP contribution < -0.4 is 10.6 Å². The molecule has 0 fully saturated rings. The van der Waals surface area contributed by atoms with Gasteiger partial charge in [-0.15, -0.1) is 11.3 Å². The van der Waals surface area contributed by atoms with E-state index in [1.54, 1.807) is 18.4 Å². The van der Waals surface area contributed by atoms with Crippen LogP contribution in [-0.2, 0) is 28.8 Å². The number of nitrogens with one attached hydrogen (secondary N) is 2. The number of hydrogen-bond acceptors (Lipinski definition) is 4. The Morgan fingerprint density at radius 2 is 1.87 bits per heavy atom. The average molecular weight is 437 g/mol. The van der Waals surface area contributed by atoms with Crippen molar-refractivity contribution in [1.29, 1.82) is 0 Å². The zero-order valence-electron chi connectivity index (χ0n) is 17.8. The molecule has 0 spiro atoms. The van der Waals surface area contributed by atoms with Crippen LogP contribution in [0.15, 0.2) is 42.5 Å². The fraction of sp³-hybridized carbons (Fsp3) is 0.360. The van der Waals surface area contributed by atoms with Crippen LogP contribution in [0.2, 0.25) is 0 Å². The summed E-state index contributed by atoms with van der Waals surface area (Å²) in [7, 11) is 1.65. The predicted octanol–water partition coefficient (Wildman–Crippen LogP) is 4.73. The van der Waals surface area contributed by atoms with Crippen molar-refractivity contribution in [2.45, 2.75) is 38.5 Å². The molecule has 1 heterocycles. The minimum Gasteiger partial charge on any atom is -0.385 e. The fourth-order valence-corrected chi connectivity index (χ4v) is 5.49. The van der Waals surface area contributed by atoms with Crippen LogP contribution in [0, 0.1) is 0 Å². The van der Waals surface area contributed by atoms with Crippen LogP contribution in [-0.4, -0.2) is 32.1 Å². The van der Waals surface area contributed by atoms with E-state index < -0.39 is 0 Å². The van der Waals surface area contributed by atoms with Gasteiger partial charge in [-0.25, -0.2) is 0 Å². The van der Waals surface area contributed by atoms with Gasteiger partial charge < -0.3 is 15.4 Å². The zero-order chi connectivity index (χ0) is 21.6. The highest BCUT2D eigenvalue weighted by Gasteiger charge is 2.26. The molecule has 3 aromatic rings. The van der Waals surface area contributed by atoms with Gasteiger partial charge in [0.2, 0.25) is 5.91 Å². The van der Waals surface area contributed by atoms with Crippen LogP contribution in [0.5, 0.6) is 0 Å². The van der Waals surface area contributed by atoms with Gasteiger partial charge in [0.15, 0.2) is 0 Å². The molecular weight excluding hydrogens is 408 g/mol. The Morgan fingerprint density at radius 3 is 2.74 bits per heavy atom. The number of methoxy groups -OCH3 is 1. The second-order valence-electron chi connectivity index (χ2n) is 7.88. The molecule has 1 aliphatic carbocycles. The molecule has 0 unspecified atom stereocenters. The summed E-state index contributed by atoms with van der Waals surface area (Å²) in [6.45, 7) is 1.16. The molecule has 2 amide bonds. The number of rotatable bonds is 8. The molecule has 1 aliphatic rings. The first kappa shape index (κ1) is 21.5. The Bertz CT molecular complexity index is 1080. The highest BCUT2D eigenvalue weighted by atomic mass is 32.1. The number of thiophene rings is 1. The van der Waals surface area contributed by atoms with Crippen molar-refractivity contribution in [1.82, 2.24) is 5.32 Å².